The summed E-state index contributed by atoms with van der Waals surface area (Å²) in [7, 11) is 1.67. The van der Waals surface area contributed by atoms with Crippen LogP contribution >= 0.6 is 0 Å². The molecule has 1 unspecified atom stereocenters. The molecule has 0 aliphatic heterocycles. The van der Waals surface area contributed by atoms with E-state index in [1.165, 1.54) is 18.4 Å². The molecule has 2 nitrogen and oxygen atoms in total. The molecule has 2 heteroatoms. The van der Waals surface area contributed by atoms with Gasteiger partial charge < -0.3 is 9.47 Å². The number of methoxy groups -OCH3 is 1. The summed E-state index contributed by atoms with van der Waals surface area (Å²) in [6, 6.07) is 7.97. The lowest BCUT2D eigenvalue weighted by Gasteiger charge is -2.12. The third-order valence-electron chi connectivity index (χ3n) is 2.94. The van der Waals surface area contributed by atoms with Gasteiger partial charge in [-0.2, -0.15) is 0 Å². The summed E-state index contributed by atoms with van der Waals surface area (Å²) < 4.78 is 10.8. The van der Waals surface area contributed by atoms with Crippen LogP contribution in [0.1, 0.15) is 24.8 Å². The molecule has 0 aromatic heterocycles. The van der Waals surface area contributed by atoms with Gasteiger partial charge in [-0.1, -0.05) is 25.0 Å². The Hall–Kier alpha value is -1.02. The number of hydrogen-bond donors (Lipinski definition) is 0. The molecule has 0 N–H and O–H groups in total. The van der Waals surface area contributed by atoms with Crippen molar-refractivity contribution in [2.75, 3.05) is 7.11 Å². The second kappa shape index (κ2) is 5.35. The molecule has 16 heavy (non-hydrogen) atoms. The van der Waals surface area contributed by atoms with Gasteiger partial charge in [0.2, 0.25) is 0 Å². The Bertz CT molecular complexity index is 314. The third kappa shape index (κ3) is 3.53. The first-order chi connectivity index (χ1) is 7.78. The van der Waals surface area contributed by atoms with E-state index in [0.29, 0.717) is 6.61 Å². The molecule has 1 aromatic carbocycles. The van der Waals surface area contributed by atoms with Crippen LogP contribution in [0.25, 0.3) is 0 Å². The molecular formula is C14H19O2. The molecule has 0 spiro atoms. The van der Waals surface area contributed by atoms with Gasteiger partial charge in [-0.25, -0.2) is 0 Å². The van der Waals surface area contributed by atoms with Crippen LogP contribution in [0.4, 0.5) is 0 Å². The van der Waals surface area contributed by atoms with Crippen molar-refractivity contribution in [2.24, 2.45) is 5.92 Å². The van der Waals surface area contributed by atoms with Crippen molar-refractivity contribution in [1.82, 2.24) is 0 Å². The highest BCUT2D eigenvalue weighted by Gasteiger charge is 2.23. The summed E-state index contributed by atoms with van der Waals surface area (Å²) >= 11 is 0. The largest absolute Gasteiger partial charge is 0.497 e. The van der Waals surface area contributed by atoms with E-state index in [1.807, 2.05) is 24.3 Å². The van der Waals surface area contributed by atoms with Gasteiger partial charge in [0.05, 0.1) is 19.8 Å². The monoisotopic (exact) mass is 219 g/mol. The van der Waals surface area contributed by atoms with Crippen LogP contribution in [-0.2, 0) is 11.3 Å². The van der Waals surface area contributed by atoms with Gasteiger partial charge in [0, 0.05) is 0 Å². The van der Waals surface area contributed by atoms with Crippen LogP contribution < -0.4 is 4.74 Å². The van der Waals surface area contributed by atoms with E-state index in [0.717, 1.165) is 18.1 Å². The van der Waals surface area contributed by atoms with Gasteiger partial charge in [-0.3, -0.25) is 0 Å². The molecule has 0 saturated heterocycles. The fourth-order valence-corrected chi connectivity index (χ4v) is 1.73. The standard InChI is InChI=1S/C14H19O2/c1-11(9-12-3-4-12)16-10-13-5-7-14(15-2)8-6-13/h5-8,11-12H,1,3-4,9-10H2,2H3. The smallest absolute Gasteiger partial charge is 0.118 e. The molecule has 1 aliphatic carbocycles. The number of ether oxygens (including phenoxy) is 2. The lowest BCUT2D eigenvalue weighted by Crippen LogP contribution is -2.09. The Morgan fingerprint density at radius 2 is 2.00 bits per heavy atom. The minimum atomic E-state index is 0.134. The summed E-state index contributed by atoms with van der Waals surface area (Å²) in [4.78, 5) is 0. The molecule has 1 saturated carbocycles. The Balaban J connectivity index is 1.74. The van der Waals surface area contributed by atoms with Crippen molar-refractivity contribution < 1.29 is 9.47 Å². The van der Waals surface area contributed by atoms with Gasteiger partial charge in [0.15, 0.2) is 0 Å². The van der Waals surface area contributed by atoms with E-state index in [1.54, 1.807) is 7.11 Å². The molecule has 1 aliphatic rings. The zero-order valence-corrected chi connectivity index (χ0v) is 9.82. The van der Waals surface area contributed by atoms with Crippen molar-refractivity contribution in [3.63, 3.8) is 0 Å². The maximum Gasteiger partial charge on any atom is 0.118 e. The normalized spacial score (nSPS) is 17.1. The van der Waals surface area contributed by atoms with Crippen LogP contribution in [0, 0.1) is 12.8 Å². The summed E-state index contributed by atoms with van der Waals surface area (Å²) in [5, 5.41) is 0. The molecule has 0 amide bonds. The van der Waals surface area contributed by atoms with Gasteiger partial charge in [0.1, 0.15) is 5.75 Å². The van der Waals surface area contributed by atoms with Gasteiger partial charge in [-0.05, 0) is 37.0 Å². The van der Waals surface area contributed by atoms with Crippen molar-refractivity contribution in [1.29, 1.82) is 0 Å². The Labute approximate surface area is 97.6 Å². The third-order valence-corrected chi connectivity index (χ3v) is 2.94. The SMILES string of the molecule is [CH2]C(CC1CC1)OCc1ccc(OC)cc1. The first-order valence-electron chi connectivity index (χ1n) is 5.85. The van der Waals surface area contributed by atoms with Crippen molar-refractivity contribution in [3.8, 4) is 5.75 Å². The lowest BCUT2D eigenvalue weighted by molar-refractivity contribution is 0.0610. The predicted octanol–water partition coefficient (Wildman–Crippen LogP) is 3.21. The Kier molecular flexibility index (Phi) is 3.83. The van der Waals surface area contributed by atoms with Crippen molar-refractivity contribution >= 4 is 0 Å². The highest BCUT2D eigenvalue weighted by Crippen LogP contribution is 2.34. The molecule has 2 rings (SSSR count). The molecule has 0 heterocycles. The van der Waals surface area contributed by atoms with Gasteiger partial charge in [0.25, 0.3) is 0 Å². The summed E-state index contributed by atoms with van der Waals surface area (Å²) in [6.07, 6.45) is 3.96. The van der Waals surface area contributed by atoms with Crippen LogP contribution in [-0.4, -0.2) is 13.2 Å². The summed E-state index contributed by atoms with van der Waals surface area (Å²) in [5.41, 5.74) is 1.17. The van der Waals surface area contributed by atoms with E-state index in [-0.39, 0.29) is 6.10 Å². The van der Waals surface area contributed by atoms with Gasteiger partial charge in [-0.15, -0.1) is 0 Å². The molecule has 1 fully saturated rings. The van der Waals surface area contributed by atoms with Gasteiger partial charge >= 0.3 is 0 Å². The van der Waals surface area contributed by atoms with E-state index in [2.05, 4.69) is 6.92 Å². The topological polar surface area (TPSA) is 18.5 Å². The molecule has 1 atom stereocenters. The van der Waals surface area contributed by atoms with Crippen LogP contribution in [0.2, 0.25) is 0 Å². The minimum Gasteiger partial charge on any atom is -0.497 e. The van der Waals surface area contributed by atoms with Crippen LogP contribution in [0.5, 0.6) is 5.75 Å². The Morgan fingerprint density at radius 1 is 1.31 bits per heavy atom. The second-order valence-electron chi connectivity index (χ2n) is 4.46. The van der Waals surface area contributed by atoms with Crippen LogP contribution in [0.3, 0.4) is 0 Å². The first-order valence-corrected chi connectivity index (χ1v) is 5.85. The minimum absolute atomic E-state index is 0.134. The predicted molar refractivity (Wildman–Crippen MR) is 64.3 cm³/mol. The molecule has 1 aromatic rings. The highest BCUT2D eigenvalue weighted by atomic mass is 16.5. The van der Waals surface area contributed by atoms with Crippen LogP contribution in [0.15, 0.2) is 24.3 Å². The average Bonchev–Trinajstić information content (AvgIpc) is 3.11. The van der Waals surface area contributed by atoms with E-state index >= 15 is 0 Å². The average molecular weight is 219 g/mol. The quantitative estimate of drug-likeness (QED) is 0.731. The maximum atomic E-state index is 5.70. The summed E-state index contributed by atoms with van der Waals surface area (Å²) in [6.45, 7) is 4.66. The fraction of sp³-hybridized carbons (Fsp3) is 0.500. The Morgan fingerprint density at radius 3 is 2.56 bits per heavy atom. The number of rotatable bonds is 6. The van der Waals surface area contributed by atoms with Crippen molar-refractivity contribution in [3.05, 3.63) is 36.8 Å². The molecule has 1 radical (unpaired) electrons. The molecular weight excluding hydrogens is 200 g/mol. The highest BCUT2D eigenvalue weighted by molar-refractivity contribution is 5.26. The van der Waals surface area contributed by atoms with Crippen molar-refractivity contribution in [2.45, 2.75) is 32.0 Å². The lowest BCUT2D eigenvalue weighted by atomic mass is 10.2. The van der Waals surface area contributed by atoms with E-state index < -0.39 is 0 Å². The zero-order chi connectivity index (χ0) is 11.4. The summed E-state index contributed by atoms with van der Waals surface area (Å²) in [5.74, 6) is 1.76. The second-order valence-corrected chi connectivity index (χ2v) is 4.46. The number of hydrogen-bond acceptors (Lipinski definition) is 2. The van der Waals surface area contributed by atoms with E-state index in [4.69, 9.17) is 9.47 Å². The first kappa shape index (κ1) is 11.5. The van der Waals surface area contributed by atoms with E-state index in [9.17, 15) is 0 Å². The zero-order valence-electron chi connectivity index (χ0n) is 9.82. The number of benzene rings is 1. The maximum absolute atomic E-state index is 5.70. The molecule has 87 valence electrons. The fourth-order valence-electron chi connectivity index (χ4n) is 1.73. The molecule has 0 bridgehead atoms.